The number of amides is 2. The van der Waals surface area contributed by atoms with Crippen molar-refractivity contribution >= 4 is 29.3 Å². The number of anilines is 2. The van der Waals surface area contributed by atoms with Gasteiger partial charge in [-0.15, -0.1) is 0 Å². The summed E-state index contributed by atoms with van der Waals surface area (Å²) in [4.78, 5) is 25.9. The summed E-state index contributed by atoms with van der Waals surface area (Å²) in [7, 11) is 0. The minimum absolute atomic E-state index is 0.147. The number of hydrogen-bond acceptors (Lipinski definition) is 2. The molecule has 122 valence electrons. The first-order valence-electron chi connectivity index (χ1n) is 8.17. The lowest BCUT2D eigenvalue weighted by atomic mass is 10.1. The maximum absolute atomic E-state index is 12.1. The summed E-state index contributed by atoms with van der Waals surface area (Å²) in [5, 5.41) is 2.84. The summed E-state index contributed by atoms with van der Waals surface area (Å²) in [6.45, 7) is 0.740. The van der Waals surface area contributed by atoms with Crippen LogP contribution in [0.5, 0.6) is 0 Å². The fraction of sp³-hybridized carbons (Fsp3) is 0.200. The van der Waals surface area contributed by atoms with Crippen molar-refractivity contribution in [2.24, 2.45) is 0 Å². The second-order valence-electron chi connectivity index (χ2n) is 5.79. The van der Waals surface area contributed by atoms with Crippen molar-refractivity contribution in [2.45, 2.75) is 19.3 Å². The van der Waals surface area contributed by atoms with E-state index in [9.17, 15) is 9.59 Å². The molecule has 2 aromatic carbocycles. The largest absolute Gasteiger partial charge is 0.322 e. The fourth-order valence-electron chi connectivity index (χ4n) is 2.75. The van der Waals surface area contributed by atoms with Gasteiger partial charge in [-0.3, -0.25) is 9.59 Å². The summed E-state index contributed by atoms with van der Waals surface area (Å²) in [5.41, 5.74) is 2.50. The second-order valence-corrected chi connectivity index (χ2v) is 5.79. The molecule has 1 aliphatic rings. The quantitative estimate of drug-likeness (QED) is 0.870. The molecule has 2 amide bonds. The molecule has 4 heteroatoms. The highest BCUT2D eigenvalue weighted by Crippen LogP contribution is 2.23. The zero-order chi connectivity index (χ0) is 16.8. The average molecular weight is 320 g/mol. The van der Waals surface area contributed by atoms with Gasteiger partial charge in [0.05, 0.1) is 0 Å². The molecule has 1 N–H and O–H groups in total. The van der Waals surface area contributed by atoms with Gasteiger partial charge in [-0.25, -0.2) is 0 Å². The molecule has 0 bridgehead atoms. The summed E-state index contributed by atoms with van der Waals surface area (Å²) >= 11 is 0. The number of carbonyl (C=O) groups is 2. The van der Waals surface area contributed by atoms with Crippen molar-refractivity contribution in [1.82, 2.24) is 0 Å². The van der Waals surface area contributed by atoms with Gasteiger partial charge in [0.25, 0.3) is 0 Å². The Morgan fingerprint density at radius 2 is 1.88 bits per heavy atom. The smallest absolute Gasteiger partial charge is 0.248 e. The van der Waals surface area contributed by atoms with Gasteiger partial charge in [0.15, 0.2) is 0 Å². The fourth-order valence-corrected chi connectivity index (χ4v) is 2.75. The highest BCUT2D eigenvalue weighted by molar-refractivity contribution is 6.02. The first kappa shape index (κ1) is 16.0. The lowest BCUT2D eigenvalue weighted by molar-refractivity contribution is -0.119. The van der Waals surface area contributed by atoms with Crippen molar-refractivity contribution < 1.29 is 9.59 Å². The van der Waals surface area contributed by atoms with Gasteiger partial charge >= 0.3 is 0 Å². The molecule has 0 atom stereocenters. The number of piperidine rings is 1. The molecule has 4 nitrogen and oxygen atoms in total. The van der Waals surface area contributed by atoms with Crippen molar-refractivity contribution in [3.63, 3.8) is 0 Å². The number of nitrogens with zero attached hydrogens (tertiary/aromatic N) is 1. The standard InChI is InChI=1S/C20H20N2O2/c23-19(13-12-16-7-2-1-3-8-16)21-17-9-6-10-18(15-17)22-14-5-4-11-20(22)24/h1-3,6-10,12-13,15H,4-5,11,14H2,(H,21,23)/b13-12+. The minimum atomic E-state index is -0.194. The highest BCUT2D eigenvalue weighted by atomic mass is 16.2. The average Bonchev–Trinajstić information content (AvgIpc) is 2.61. The molecular formula is C20H20N2O2. The first-order valence-corrected chi connectivity index (χ1v) is 8.17. The highest BCUT2D eigenvalue weighted by Gasteiger charge is 2.19. The molecule has 0 saturated carbocycles. The molecule has 0 aromatic heterocycles. The van der Waals surface area contributed by atoms with E-state index in [2.05, 4.69) is 5.32 Å². The molecule has 2 aromatic rings. The zero-order valence-electron chi connectivity index (χ0n) is 13.4. The van der Waals surface area contributed by atoms with E-state index >= 15 is 0 Å². The maximum Gasteiger partial charge on any atom is 0.248 e. The van der Waals surface area contributed by atoms with Crippen molar-refractivity contribution in [1.29, 1.82) is 0 Å². The molecule has 1 aliphatic heterocycles. The van der Waals surface area contributed by atoms with E-state index in [1.807, 2.05) is 54.6 Å². The zero-order valence-corrected chi connectivity index (χ0v) is 13.4. The van der Waals surface area contributed by atoms with Crippen LogP contribution >= 0.6 is 0 Å². The Labute approximate surface area is 141 Å². The van der Waals surface area contributed by atoms with E-state index in [0.29, 0.717) is 12.1 Å². The van der Waals surface area contributed by atoms with Gasteiger partial charge in [0.2, 0.25) is 11.8 Å². The van der Waals surface area contributed by atoms with Crippen LogP contribution in [-0.4, -0.2) is 18.4 Å². The van der Waals surface area contributed by atoms with Crippen molar-refractivity contribution in [3.05, 3.63) is 66.2 Å². The Kier molecular flexibility index (Phi) is 5.06. The summed E-state index contributed by atoms with van der Waals surface area (Å²) in [6.07, 6.45) is 5.84. The maximum atomic E-state index is 12.1. The van der Waals surface area contributed by atoms with Crippen LogP contribution in [0.2, 0.25) is 0 Å². The molecular weight excluding hydrogens is 300 g/mol. The number of nitrogens with one attached hydrogen (secondary N) is 1. The van der Waals surface area contributed by atoms with E-state index in [1.165, 1.54) is 6.08 Å². The monoisotopic (exact) mass is 320 g/mol. The molecule has 0 spiro atoms. The number of carbonyl (C=O) groups excluding carboxylic acids is 2. The minimum Gasteiger partial charge on any atom is -0.322 e. The lowest BCUT2D eigenvalue weighted by Crippen LogP contribution is -2.35. The van der Waals surface area contributed by atoms with Crippen molar-refractivity contribution in [2.75, 3.05) is 16.8 Å². The molecule has 24 heavy (non-hydrogen) atoms. The molecule has 3 rings (SSSR count). The summed E-state index contributed by atoms with van der Waals surface area (Å²) < 4.78 is 0. The normalized spacial score (nSPS) is 14.8. The van der Waals surface area contributed by atoms with E-state index in [1.54, 1.807) is 11.0 Å². The Balaban J connectivity index is 1.67. The van der Waals surface area contributed by atoms with Gasteiger partial charge in [-0.1, -0.05) is 36.4 Å². The molecule has 1 fully saturated rings. The van der Waals surface area contributed by atoms with Gasteiger partial charge < -0.3 is 10.2 Å². The number of rotatable bonds is 4. The number of hydrogen-bond donors (Lipinski definition) is 1. The first-order chi connectivity index (χ1) is 11.7. The van der Waals surface area contributed by atoms with Crippen LogP contribution in [0.25, 0.3) is 6.08 Å². The predicted octanol–water partition coefficient (Wildman–Crippen LogP) is 3.86. The Morgan fingerprint density at radius 1 is 1.04 bits per heavy atom. The summed E-state index contributed by atoms with van der Waals surface area (Å²) in [5.74, 6) is -0.0466. The second kappa shape index (κ2) is 7.59. The third kappa shape index (κ3) is 4.10. The van der Waals surface area contributed by atoms with Crippen LogP contribution in [0.1, 0.15) is 24.8 Å². The predicted molar refractivity (Wildman–Crippen MR) is 96.8 cm³/mol. The SMILES string of the molecule is O=C(/C=C/c1ccccc1)Nc1cccc(N2CCCCC2=O)c1. The van der Waals surface area contributed by atoms with Crippen LogP contribution in [0.3, 0.4) is 0 Å². The third-order valence-electron chi connectivity index (χ3n) is 3.98. The van der Waals surface area contributed by atoms with E-state index in [-0.39, 0.29) is 11.8 Å². The van der Waals surface area contributed by atoms with Gasteiger partial charge in [-0.05, 0) is 42.7 Å². The van der Waals surface area contributed by atoms with Crippen LogP contribution in [0.15, 0.2) is 60.7 Å². The Hall–Kier alpha value is -2.88. The topological polar surface area (TPSA) is 49.4 Å². The lowest BCUT2D eigenvalue weighted by Gasteiger charge is -2.27. The van der Waals surface area contributed by atoms with Crippen LogP contribution in [-0.2, 0) is 9.59 Å². The molecule has 0 aliphatic carbocycles. The van der Waals surface area contributed by atoms with Gasteiger partial charge in [0, 0.05) is 30.4 Å². The van der Waals surface area contributed by atoms with E-state index < -0.39 is 0 Å². The van der Waals surface area contributed by atoms with Crippen LogP contribution in [0, 0.1) is 0 Å². The number of benzene rings is 2. The molecule has 0 unspecified atom stereocenters. The van der Waals surface area contributed by atoms with E-state index in [4.69, 9.17) is 0 Å². The Morgan fingerprint density at radius 3 is 2.67 bits per heavy atom. The molecule has 1 saturated heterocycles. The summed E-state index contributed by atoms with van der Waals surface area (Å²) in [6, 6.07) is 17.1. The Bertz CT molecular complexity index is 753. The third-order valence-corrected chi connectivity index (χ3v) is 3.98. The van der Waals surface area contributed by atoms with Crippen LogP contribution in [0.4, 0.5) is 11.4 Å². The van der Waals surface area contributed by atoms with E-state index in [0.717, 1.165) is 30.6 Å². The molecule has 1 heterocycles. The molecule has 0 radical (unpaired) electrons. The van der Waals surface area contributed by atoms with Gasteiger partial charge in [0.1, 0.15) is 0 Å². The van der Waals surface area contributed by atoms with Crippen molar-refractivity contribution in [3.8, 4) is 0 Å². The van der Waals surface area contributed by atoms with Gasteiger partial charge in [-0.2, -0.15) is 0 Å². The van der Waals surface area contributed by atoms with Crippen LogP contribution < -0.4 is 10.2 Å².